The Kier molecular flexibility index (Phi) is 5.02. The molecule has 0 rings (SSSR count). The van der Waals surface area contributed by atoms with Gasteiger partial charge in [0.25, 0.3) is 0 Å². The Morgan fingerprint density at radius 1 is 1.38 bits per heavy atom. The Bertz CT molecular complexity index is 236. The lowest BCUT2D eigenvalue weighted by atomic mass is 10.4. The van der Waals surface area contributed by atoms with Crippen molar-refractivity contribution < 1.29 is 14.7 Å². The van der Waals surface area contributed by atoms with Crippen LogP contribution in [0.15, 0.2) is 25.0 Å². The largest absolute Gasteiger partial charge is 0.512 e. The average Bonchev–Trinajstić information content (AvgIpc) is 2.02. The fourth-order valence-electron chi connectivity index (χ4n) is 0.550. The van der Waals surface area contributed by atoms with Crippen molar-refractivity contribution in [3.05, 3.63) is 25.0 Å². The second-order valence-electron chi connectivity index (χ2n) is 2.26. The zero-order valence-electron chi connectivity index (χ0n) is 7.17. The predicted molar refractivity (Wildman–Crippen MR) is 47.7 cm³/mol. The van der Waals surface area contributed by atoms with Gasteiger partial charge in [-0.05, 0) is 6.08 Å². The summed E-state index contributed by atoms with van der Waals surface area (Å²) in [6.45, 7) is 6.38. The lowest BCUT2D eigenvalue weighted by Gasteiger charge is -2.04. The predicted octanol–water partition coefficient (Wildman–Crippen LogP) is -0.176. The van der Waals surface area contributed by atoms with Crippen molar-refractivity contribution in [3.63, 3.8) is 0 Å². The van der Waals surface area contributed by atoms with Gasteiger partial charge in [0.15, 0.2) is 0 Å². The summed E-state index contributed by atoms with van der Waals surface area (Å²) in [5.41, 5.74) is 0. The van der Waals surface area contributed by atoms with E-state index >= 15 is 0 Å². The molecule has 0 heterocycles. The van der Waals surface area contributed by atoms with Gasteiger partial charge in [-0.2, -0.15) is 0 Å². The minimum atomic E-state index is -0.406. The molecule has 0 aliphatic rings. The first-order chi connectivity index (χ1) is 6.06. The first-order valence-electron chi connectivity index (χ1n) is 3.60. The number of amides is 2. The third kappa shape index (κ3) is 6.61. The monoisotopic (exact) mass is 184 g/mol. The Hall–Kier alpha value is -1.78. The SMILES string of the molecule is C=CC(=O)NCNC(=O)CC(=C)O. The highest BCUT2D eigenvalue weighted by Gasteiger charge is 2.01. The molecular formula is C8H12N2O3. The van der Waals surface area contributed by atoms with Gasteiger partial charge in [0.2, 0.25) is 11.8 Å². The van der Waals surface area contributed by atoms with Crippen molar-refractivity contribution in [3.8, 4) is 0 Å². The topological polar surface area (TPSA) is 78.4 Å². The number of rotatable bonds is 5. The number of carbonyl (C=O) groups is 2. The molecule has 5 heteroatoms. The van der Waals surface area contributed by atoms with Crippen LogP contribution in [0.5, 0.6) is 0 Å². The number of nitrogens with one attached hydrogen (secondary N) is 2. The Morgan fingerprint density at radius 2 is 2.00 bits per heavy atom. The molecule has 0 aromatic rings. The van der Waals surface area contributed by atoms with Gasteiger partial charge in [0.1, 0.15) is 0 Å². The van der Waals surface area contributed by atoms with E-state index in [1.807, 2.05) is 0 Å². The normalized spacial score (nSPS) is 8.62. The summed E-state index contributed by atoms with van der Waals surface area (Å²) >= 11 is 0. The minimum Gasteiger partial charge on any atom is -0.512 e. The number of carbonyl (C=O) groups excluding carboxylic acids is 2. The third-order valence-electron chi connectivity index (χ3n) is 1.10. The van der Waals surface area contributed by atoms with Crippen LogP contribution >= 0.6 is 0 Å². The molecule has 0 fully saturated rings. The molecule has 5 nitrogen and oxygen atoms in total. The van der Waals surface area contributed by atoms with Crippen molar-refractivity contribution in [2.45, 2.75) is 6.42 Å². The van der Waals surface area contributed by atoms with Crippen molar-refractivity contribution in [2.75, 3.05) is 6.67 Å². The van der Waals surface area contributed by atoms with E-state index in [4.69, 9.17) is 5.11 Å². The number of hydrogen-bond acceptors (Lipinski definition) is 3. The summed E-state index contributed by atoms with van der Waals surface area (Å²) in [7, 11) is 0. The second-order valence-corrected chi connectivity index (χ2v) is 2.26. The van der Waals surface area contributed by atoms with Crippen LogP contribution in [0, 0.1) is 0 Å². The van der Waals surface area contributed by atoms with Crippen LogP contribution in [0.2, 0.25) is 0 Å². The smallest absolute Gasteiger partial charge is 0.244 e. The summed E-state index contributed by atoms with van der Waals surface area (Å²) < 4.78 is 0. The van der Waals surface area contributed by atoms with E-state index < -0.39 is 5.91 Å². The van der Waals surface area contributed by atoms with Gasteiger partial charge in [0.05, 0.1) is 18.8 Å². The van der Waals surface area contributed by atoms with Crippen molar-refractivity contribution >= 4 is 11.8 Å². The van der Waals surface area contributed by atoms with Crippen LogP contribution in [0.25, 0.3) is 0 Å². The van der Waals surface area contributed by atoms with Crippen LogP contribution in [-0.4, -0.2) is 23.6 Å². The van der Waals surface area contributed by atoms with Gasteiger partial charge < -0.3 is 15.7 Å². The van der Waals surface area contributed by atoms with E-state index in [9.17, 15) is 9.59 Å². The molecule has 0 unspecified atom stereocenters. The van der Waals surface area contributed by atoms with E-state index in [0.29, 0.717) is 0 Å². The van der Waals surface area contributed by atoms with E-state index in [0.717, 1.165) is 6.08 Å². The molecule has 0 aromatic carbocycles. The summed E-state index contributed by atoms with van der Waals surface area (Å²) in [6.07, 6.45) is 0.932. The van der Waals surface area contributed by atoms with Gasteiger partial charge in [-0.3, -0.25) is 9.59 Å². The highest BCUT2D eigenvalue weighted by Crippen LogP contribution is 1.89. The van der Waals surface area contributed by atoms with Crippen molar-refractivity contribution in [1.29, 1.82) is 0 Å². The number of hydrogen-bond donors (Lipinski definition) is 3. The van der Waals surface area contributed by atoms with Crippen LogP contribution in [0.4, 0.5) is 0 Å². The van der Waals surface area contributed by atoms with E-state index in [-0.39, 0.29) is 24.8 Å². The molecule has 3 N–H and O–H groups in total. The Morgan fingerprint density at radius 3 is 2.46 bits per heavy atom. The molecule has 0 saturated carbocycles. The molecule has 13 heavy (non-hydrogen) atoms. The van der Waals surface area contributed by atoms with Gasteiger partial charge in [0, 0.05) is 0 Å². The quantitative estimate of drug-likeness (QED) is 0.315. The van der Waals surface area contributed by atoms with Crippen LogP contribution in [0.1, 0.15) is 6.42 Å². The molecular weight excluding hydrogens is 172 g/mol. The fourth-order valence-corrected chi connectivity index (χ4v) is 0.550. The number of aliphatic hydroxyl groups excluding tert-OH is 1. The standard InChI is InChI=1S/C8H12N2O3/c1-3-7(12)9-5-10-8(13)4-6(2)11/h3,11H,1-2,4-5H2,(H,9,12)(H,10,13). The first kappa shape index (κ1) is 11.2. The van der Waals surface area contributed by atoms with Gasteiger partial charge >= 0.3 is 0 Å². The maximum Gasteiger partial charge on any atom is 0.244 e. The van der Waals surface area contributed by atoms with E-state index in [1.54, 1.807) is 0 Å². The van der Waals surface area contributed by atoms with Crippen molar-refractivity contribution in [2.24, 2.45) is 0 Å². The average molecular weight is 184 g/mol. The maximum absolute atomic E-state index is 10.8. The second kappa shape index (κ2) is 5.82. The molecule has 72 valence electrons. The number of aliphatic hydroxyl groups is 1. The van der Waals surface area contributed by atoms with Crippen molar-refractivity contribution in [1.82, 2.24) is 10.6 Å². The molecule has 0 spiro atoms. The lowest BCUT2D eigenvalue weighted by Crippen LogP contribution is -2.36. The zero-order valence-corrected chi connectivity index (χ0v) is 7.17. The zero-order chi connectivity index (χ0) is 10.3. The summed E-state index contributed by atoms with van der Waals surface area (Å²) in [5, 5.41) is 13.3. The lowest BCUT2D eigenvalue weighted by molar-refractivity contribution is -0.121. The summed E-state index contributed by atoms with van der Waals surface area (Å²) in [6, 6.07) is 0. The van der Waals surface area contributed by atoms with Gasteiger partial charge in [-0.1, -0.05) is 13.2 Å². The Balaban J connectivity index is 3.53. The first-order valence-corrected chi connectivity index (χ1v) is 3.60. The molecule has 0 aliphatic carbocycles. The van der Waals surface area contributed by atoms with Crippen LogP contribution in [0.3, 0.4) is 0 Å². The summed E-state index contributed by atoms with van der Waals surface area (Å²) in [4.78, 5) is 21.4. The Labute approximate surface area is 76.1 Å². The molecule has 0 atom stereocenters. The molecule has 0 radical (unpaired) electrons. The molecule has 0 bridgehead atoms. The highest BCUT2D eigenvalue weighted by molar-refractivity contribution is 5.87. The maximum atomic E-state index is 10.8. The minimum absolute atomic E-state index is 0.0109. The van der Waals surface area contributed by atoms with E-state index in [1.165, 1.54) is 0 Å². The summed E-state index contributed by atoms with van der Waals surface area (Å²) in [5.74, 6) is -0.993. The fraction of sp³-hybridized carbons (Fsp3) is 0.250. The third-order valence-corrected chi connectivity index (χ3v) is 1.10. The van der Waals surface area contributed by atoms with Gasteiger partial charge in [-0.25, -0.2) is 0 Å². The van der Waals surface area contributed by atoms with E-state index in [2.05, 4.69) is 23.8 Å². The van der Waals surface area contributed by atoms with Crippen LogP contribution in [-0.2, 0) is 9.59 Å². The van der Waals surface area contributed by atoms with Crippen LogP contribution < -0.4 is 10.6 Å². The molecule has 0 aliphatic heterocycles. The van der Waals surface area contributed by atoms with Gasteiger partial charge in [-0.15, -0.1) is 0 Å². The molecule has 2 amide bonds. The highest BCUT2D eigenvalue weighted by atomic mass is 16.3. The molecule has 0 saturated heterocycles. The molecule has 0 aromatic heterocycles.